The second-order valence-electron chi connectivity index (χ2n) is 2.76. The van der Waals surface area contributed by atoms with Gasteiger partial charge in [-0.25, -0.2) is 0 Å². The summed E-state index contributed by atoms with van der Waals surface area (Å²) >= 11 is 0. The second-order valence-corrected chi connectivity index (χ2v) is 2.76. The van der Waals surface area contributed by atoms with Gasteiger partial charge in [-0.2, -0.15) is 0 Å². The molecule has 1 aromatic rings. The highest BCUT2D eigenvalue weighted by Gasteiger charge is 2.05. The lowest BCUT2D eigenvalue weighted by Gasteiger charge is -2.00. The van der Waals surface area contributed by atoms with Gasteiger partial charge in [0.25, 0.3) is 0 Å². The van der Waals surface area contributed by atoms with Gasteiger partial charge in [0.1, 0.15) is 0 Å². The summed E-state index contributed by atoms with van der Waals surface area (Å²) in [6, 6.07) is 5.22. The molecule has 0 saturated carbocycles. The quantitative estimate of drug-likeness (QED) is 0.492. The zero-order valence-electron chi connectivity index (χ0n) is 7.13. The molecule has 62 valence electrons. The topological polar surface area (TPSA) is 34.1 Å². The molecule has 0 unspecified atom stereocenters. The Morgan fingerprint density at radius 3 is 2.58 bits per heavy atom. The van der Waals surface area contributed by atoms with E-state index < -0.39 is 0 Å². The third-order valence-electron chi connectivity index (χ3n) is 1.71. The van der Waals surface area contributed by atoms with Gasteiger partial charge in [0.05, 0.1) is 0 Å². The maximum Gasteiger partial charge on any atom is 0.160 e. The number of rotatable bonds is 2. The Hall–Kier alpha value is -1.44. The molecule has 0 fully saturated rings. The van der Waals surface area contributed by atoms with Crippen LogP contribution in [0, 0.1) is 6.92 Å². The van der Waals surface area contributed by atoms with Crippen LogP contribution in [0.25, 0.3) is 0 Å². The number of aryl methyl sites for hydroxylation is 1. The van der Waals surface area contributed by atoms with E-state index in [1.807, 2.05) is 13.0 Å². The number of aldehydes is 1. The molecule has 12 heavy (non-hydrogen) atoms. The van der Waals surface area contributed by atoms with Gasteiger partial charge in [0.2, 0.25) is 0 Å². The fourth-order valence-corrected chi connectivity index (χ4v) is 1.10. The summed E-state index contributed by atoms with van der Waals surface area (Å²) in [7, 11) is 0. The minimum Gasteiger partial charge on any atom is -0.298 e. The summed E-state index contributed by atoms with van der Waals surface area (Å²) in [4.78, 5) is 21.5. The molecule has 0 spiro atoms. The molecule has 0 aliphatic carbocycles. The van der Waals surface area contributed by atoms with Gasteiger partial charge < -0.3 is 0 Å². The molecule has 0 radical (unpaired) electrons. The fourth-order valence-electron chi connectivity index (χ4n) is 1.10. The van der Waals surface area contributed by atoms with Crippen molar-refractivity contribution in [3.63, 3.8) is 0 Å². The Morgan fingerprint density at radius 1 is 1.42 bits per heavy atom. The number of carbonyl (C=O) groups excluding carboxylic acids is 2. The Morgan fingerprint density at radius 2 is 2.08 bits per heavy atom. The molecule has 0 heterocycles. The van der Waals surface area contributed by atoms with E-state index in [2.05, 4.69) is 0 Å². The summed E-state index contributed by atoms with van der Waals surface area (Å²) in [5, 5.41) is 0. The minimum absolute atomic E-state index is 0.0721. The van der Waals surface area contributed by atoms with Gasteiger partial charge in [-0.05, 0) is 19.9 Å². The second kappa shape index (κ2) is 3.30. The first kappa shape index (κ1) is 8.65. The Balaban J connectivity index is 3.29. The third-order valence-corrected chi connectivity index (χ3v) is 1.71. The molecular weight excluding hydrogens is 152 g/mol. The van der Waals surface area contributed by atoms with Crippen LogP contribution >= 0.6 is 0 Å². The first-order chi connectivity index (χ1) is 5.65. The van der Waals surface area contributed by atoms with E-state index in [1.54, 1.807) is 12.1 Å². The van der Waals surface area contributed by atoms with Crippen molar-refractivity contribution >= 4 is 12.1 Å². The summed E-state index contributed by atoms with van der Waals surface area (Å²) in [6.45, 7) is 3.34. The number of benzene rings is 1. The Labute approximate surface area is 71.2 Å². The largest absolute Gasteiger partial charge is 0.298 e. The van der Waals surface area contributed by atoms with Crippen LogP contribution in [-0.4, -0.2) is 12.1 Å². The third kappa shape index (κ3) is 1.59. The number of hydrogen-bond donors (Lipinski definition) is 0. The fraction of sp³-hybridized carbons (Fsp3) is 0.200. The molecule has 2 nitrogen and oxygen atoms in total. The Bertz CT molecular complexity index is 327. The molecule has 1 aromatic carbocycles. The number of carbonyl (C=O) groups is 2. The summed E-state index contributed by atoms with van der Waals surface area (Å²) in [6.07, 6.45) is 0.712. The Kier molecular flexibility index (Phi) is 2.38. The lowest BCUT2D eigenvalue weighted by atomic mass is 10.0. The van der Waals surface area contributed by atoms with E-state index in [4.69, 9.17) is 0 Å². The molecule has 0 aromatic heterocycles. The average Bonchev–Trinajstić information content (AvgIpc) is 2.03. The van der Waals surface area contributed by atoms with Gasteiger partial charge in [-0.3, -0.25) is 9.59 Å². The highest BCUT2D eigenvalue weighted by atomic mass is 16.1. The SMILES string of the molecule is CC(=O)c1ccc(C)cc1C=O. The lowest BCUT2D eigenvalue weighted by Crippen LogP contribution is -1.98. The molecule has 0 amide bonds. The molecular formula is C10H10O2. The molecule has 2 heteroatoms. The van der Waals surface area contributed by atoms with Crippen LogP contribution in [0.15, 0.2) is 18.2 Å². The number of hydrogen-bond acceptors (Lipinski definition) is 2. The van der Waals surface area contributed by atoms with Crippen molar-refractivity contribution < 1.29 is 9.59 Å². The monoisotopic (exact) mass is 162 g/mol. The predicted octanol–water partition coefficient (Wildman–Crippen LogP) is 2.01. The maximum atomic E-state index is 11.0. The molecule has 0 N–H and O–H groups in total. The average molecular weight is 162 g/mol. The van der Waals surface area contributed by atoms with Crippen LogP contribution < -0.4 is 0 Å². The molecule has 0 aliphatic heterocycles. The number of Topliss-reactive ketones (excluding diaryl/α,β-unsaturated/α-hetero) is 1. The van der Waals surface area contributed by atoms with Gasteiger partial charge in [0, 0.05) is 11.1 Å². The van der Waals surface area contributed by atoms with Crippen LogP contribution in [0.3, 0.4) is 0 Å². The van der Waals surface area contributed by atoms with Crippen LogP contribution in [-0.2, 0) is 0 Å². The molecule has 0 bridgehead atoms. The predicted molar refractivity (Wildman–Crippen MR) is 46.6 cm³/mol. The summed E-state index contributed by atoms with van der Waals surface area (Å²) < 4.78 is 0. The maximum absolute atomic E-state index is 11.0. The van der Waals surface area contributed by atoms with Gasteiger partial charge in [0.15, 0.2) is 12.1 Å². The van der Waals surface area contributed by atoms with Crippen molar-refractivity contribution in [2.45, 2.75) is 13.8 Å². The first-order valence-electron chi connectivity index (χ1n) is 3.72. The summed E-state index contributed by atoms with van der Waals surface area (Å²) in [5.74, 6) is -0.0721. The highest BCUT2D eigenvalue weighted by Crippen LogP contribution is 2.09. The highest BCUT2D eigenvalue weighted by molar-refractivity contribution is 6.01. The van der Waals surface area contributed by atoms with E-state index in [1.165, 1.54) is 6.92 Å². The van der Waals surface area contributed by atoms with Gasteiger partial charge in [-0.15, -0.1) is 0 Å². The van der Waals surface area contributed by atoms with Crippen LogP contribution in [0.5, 0.6) is 0 Å². The van der Waals surface area contributed by atoms with Crippen molar-refractivity contribution in [1.29, 1.82) is 0 Å². The van der Waals surface area contributed by atoms with Crippen molar-refractivity contribution in [2.75, 3.05) is 0 Å². The smallest absolute Gasteiger partial charge is 0.160 e. The van der Waals surface area contributed by atoms with Crippen molar-refractivity contribution in [1.82, 2.24) is 0 Å². The molecule has 1 rings (SSSR count). The van der Waals surface area contributed by atoms with Crippen molar-refractivity contribution in [2.24, 2.45) is 0 Å². The minimum atomic E-state index is -0.0721. The van der Waals surface area contributed by atoms with E-state index in [0.29, 0.717) is 17.4 Å². The zero-order valence-corrected chi connectivity index (χ0v) is 7.13. The van der Waals surface area contributed by atoms with Gasteiger partial charge >= 0.3 is 0 Å². The van der Waals surface area contributed by atoms with E-state index in [9.17, 15) is 9.59 Å². The van der Waals surface area contributed by atoms with E-state index in [-0.39, 0.29) is 5.78 Å². The van der Waals surface area contributed by atoms with E-state index >= 15 is 0 Å². The summed E-state index contributed by atoms with van der Waals surface area (Å²) in [5.41, 5.74) is 1.96. The normalized spacial score (nSPS) is 9.50. The van der Waals surface area contributed by atoms with Crippen LogP contribution in [0.4, 0.5) is 0 Å². The van der Waals surface area contributed by atoms with Gasteiger partial charge in [-0.1, -0.05) is 17.7 Å². The standard InChI is InChI=1S/C10H10O2/c1-7-3-4-10(8(2)12)9(5-7)6-11/h3-6H,1-2H3. The molecule has 0 aliphatic rings. The first-order valence-corrected chi connectivity index (χ1v) is 3.72. The molecule has 0 atom stereocenters. The number of ketones is 1. The van der Waals surface area contributed by atoms with Crippen LogP contribution in [0.1, 0.15) is 33.2 Å². The molecule has 0 saturated heterocycles. The van der Waals surface area contributed by atoms with Crippen molar-refractivity contribution in [3.8, 4) is 0 Å². The van der Waals surface area contributed by atoms with Crippen LogP contribution in [0.2, 0.25) is 0 Å². The lowest BCUT2D eigenvalue weighted by molar-refractivity contribution is 0.101. The van der Waals surface area contributed by atoms with Crippen molar-refractivity contribution in [3.05, 3.63) is 34.9 Å². The van der Waals surface area contributed by atoms with E-state index in [0.717, 1.165) is 5.56 Å². The zero-order chi connectivity index (χ0) is 9.14.